The maximum atomic E-state index is 11.4. The lowest BCUT2D eigenvalue weighted by Gasteiger charge is -2.19. The van der Waals surface area contributed by atoms with Crippen molar-refractivity contribution in [3.8, 4) is 0 Å². The van der Waals surface area contributed by atoms with Crippen molar-refractivity contribution >= 4 is 11.9 Å². The van der Waals surface area contributed by atoms with E-state index >= 15 is 0 Å². The Morgan fingerprint density at radius 3 is 2.64 bits per heavy atom. The van der Waals surface area contributed by atoms with Gasteiger partial charge in [-0.3, -0.25) is 9.59 Å². The molecular formula is C9H16N2O3. The number of rotatable bonds is 6. The zero-order chi connectivity index (χ0) is 11.1. The molecule has 1 atom stereocenters. The van der Waals surface area contributed by atoms with Crippen molar-refractivity contribution in [3.05, 3.63) is 12.7 Å². The summed E-state index contributed by atoms with van der Waals surface area (Å²) < 4.78 is 0. The Labute approximate surface area is 83.2 Å². The highest BCUT2D eigenvalue weighted by molar-refractivity contribution is 5.82. The van der Waals surface area contributed by atoms with E-state index in [1.165, 1.54) is 11.9 Å². The van der Waals surface area contributed by atoms with E-state index in [1.54, 1.807) is 6.08 Å². The molecule has 14 heavy (non-hydrogen) atoms. The van der Waals surface area contributed by atoms with Gasteiger partial charge in [0.05, 0.1) is 12.5 Å². The van der Waals surface area contributed by atoms with Crippen LogP contribution in [-0.4, -0.2) is 41.5 Å². The molecule has 0 aromatic carbocycles. The van der Waals surface area contributed by atoms with E-state index in [2.05, 4.69) is 6.58 Å². The fourth-order valence-corrected chi connectivity index (χ4v) is 0.937. The molecule has 0 aliphatic heterocycles. The summed E-state index contributed by atoms with van der Waals surface area (Å²) in [6.45, 7) is 3.65. The summed E-state index contributed by atoms with van der Waals surface area (Å²) in [5.41, 5.74) is 5.53. The Bertz CT molecular complexity index is 228. The molecule has 0 aromatic rings. The van der Waals surface area contributed by atoms with E-state index in [0.717, 1.165) is 0 Å². The number of carbonyl (C=O) groups is 2. The second-order valence-electron chi connectivity index (χ2n) is 3.03. The van der Waals surface area contributed by atoms with E-state index in [0.29, 0.717) is 6.42 Å². The normalized spacial score (nSPS) is 11.9. The Kier molecular flexibility index (Phi) is 5.55. The maximum Gasteiger partial charge on any atom is 0.305 e. The minimum atomic E-state index is -0.929. The molecule has 0 radical (unpaired) electrons. The maximum absolute atomic E-state index is 11.4. The van der Waals surface area contributed by atoms with Gasteiger partial charge >= 0.3 is 5.97 Å². The molecule has 0 aliphatic rings. The van der Waals surface area contributed by atoms with Crippen LogP contribution >= 0.6 is 0 Å². The van der Waals surface area contributed by atoms with Crippen LogP contribution in [0.1, 0.15) is 12.8 Å². The molecule has 0 saturated heterocycles. The predicted octanol–water partition coefficient (Wildman–Crippen LogP) is -0.177. The van der Waals surface area contributed by atoms with Gasteiger partial charge in [-0.2, -0.15) is 0 Å². The van der Waals surface area contributed by atoms with Crippen LogP contribution in [-0.2, 0) is 9.59 Å². The van der Waals surface area contributed by atoms with Crippen molar-refractivity contribution < 1.29 is 14.7 Å². The summed E-state index contributed by atoms with van der Waals surface area (Å²) in [4.78, 5) is 23.0. The number of aliphatic carboxylic acids is 1. The van der Waals surface area contributed by atoms with Crippen LogP contribution in [0.4, 0.5) is 0 Å². The number of nitrogens with zero attached hydrogens (tertiary/aromatic N) is 1. The fourth-order valence-electron chi connectivity index (χ4n) is 0.937. The SMILES string of the molecule is C=CCC(N)C(=O)N(C)CCC(=O)O. The number of nitrogens with two attached hydrogens (primary N) is 1. The lowest BCUT2D eigenvalue weighted by atomic mass is 10.2. The molecule has 5 heteroatoms. The molecule has 0 aromatic heterocycles. The monoisotopic (exact) mass is 200 g/mol. The van der Waals surface area contributed by atoms with Crippen molar-refractivity contribution in [2.24, 2.45) is 5.73 Å². The van der Waals surface area contributed by atoms with Crippen LogP contribution in [0.3, 0.4) is 0 Å². The molecule has 5 nitrogen and oxygen atoms in total. The third-order valence-corrected chi connectivity index (χ3v) is 1.78. The first-order chi connectivity index (χ1) is 6.49. The van der Waals surface area contributed by atoms with Gasteiger partial charge in [-0.25, -0.2) is 0 Å². The van der Waals surface area contributed by atoms with Crippen LogP contribution in [0.25, 0.3) is 0 Å². The van der Waals surface area contributed by atoms with Crippen LogP contribution in [0.2, 0.25) is 0 Å². The van der Waals surface area contributed by atoms with Gasteiger partial charge in [-0.1, -0.05) is 6.08 Å². The van der Waals surface area contributed by atoms with Crippen LogP contribution in [0, 0.1) is 0 Å². The molecule has 0 spiro atoms. The lowest BCUT2D eigenvalue weighted by molar-refractivity contribution is -0.138. The molecule has 1 amide bonds. The number of amides is 1. The van der Waals surface area contributed by atoms with Gasteiger partial charge in [0.25, 0.3) is 0 Å². The topological polar surface area (TPSA) is 83.6 Å². The quantitative estimate of drug-likeness (QED) is 0.583. The highest BCUT2D eigenvalue weighted by Crippen LogP contribution is 1.96. The van der Waals surface area contributed by atoms with Crippen LogP contribution in [0.15, 0.2) is 12.7 Å². The summed E-state index contributed by atoms with van der Waals surface area (Å²) in [5.74, 6) is -1.19. The third kappa shape index (κ3) is 4.61. The molecule has 0 aliphatic carbocycles. The first-order valence-electron chi connectivity index (χ1n) is 4.32. The average molecular weight is 200 g/mol. The first-order valence-corrected chi connectivity index (χ1v) is 4.32. The van der Waals surface area contributed by atoms with Crippen LogP contribution in [0.5, 0.6) is 0 Å². The third-order valence-electron chi connectivity index (χ3n) is 1.78. The summed E-state index contributed by atoms with van der Waals surface area (Å²) >= 11 is 0. The molecule has 80 valence electrons. The summed E-state index contributed by atoms with van der Waals surface area (Å²) in [6, 6.07) is -0.619. The molecule has 0 bridgehead atoms. The molecule has 0 fully saturated rings. The molecule has 1 unspecified atom stereocenters. The van der Waals surface area contributed by atoms with E-state index < -0.39 is 12.0 Å². The molecule has 0 rings (SSSR count). The molecule has 3 N–H and O–H groups in total. The predicted molar refractivity (Wildman–Crippen MR) is 52.7 cm³/mol. The number of hydrogen-bond donors (Lipinski definition) is 2. The molecule has 0 heterocycles. The van der Waals surface area contributed by atoms with E-state index in [-0.39, 0.29) is 18.9 Å². The summed E-state index contributed by atoms with van der Waals surface area (Å²) in [6.07, 6.45) is 1.90. The second kappa shape index (κ2) is 6.15. The zero-order valence-electron chi connectivity index (χ0n) is 8.27. The van der Waals surface area contributed by atoms with Gasteiger partial charge in [0.1, 0.15) is 0 Å². The highest BCUT2D eigenvalue weighted by Gasteiger charge is 2.16. The first kappa shape index (κ1) is 12.6. The number of carboxylic acid groups (broad SMARTS) is 1. The minimum absolute atomic E-state index is 0.0664. The van der Waals surface area contributed by atoms with Crippen molar-refractivity contribution in [2.45, 2.75) is 18.9 Å². The van der Waals surface area contributed by atoms with Gasteiger partial charge in [-0.15, -0.1) is 6.58 Å². The Balaban J connectivity index is 3.97. The van der Waals surface area contributed by atoms with E-state index in [1.807, 2.05) is 0 Å². The van der Waals surface area contributed by atoms with Crippen LogP contribution < -0.4 is 5.73 Å². The Morgan fingerprint density at radius 2 is 2.21 bits per heavy atom. The molecule has 0 saturated carbocycles. The van der Waals surface area contributed by atoms with Crippen molar-refractivity contribution in [2.75, 3.05) is 13.6 Å². The second-order valence-corrected chi connectivity index (χ2v) is 3.03. The van der Waals surface area contributed by atoms with E-state index in [4.69, 9.17) is 10.8 Å². The molecular weight excluding hydrogens is 184 g/mol. The Hall–Kier alpha value is -1.36. The highest BCUT2D eigenvalue weighted by atomic mass is 16.4. The Morgan fingerprint density at radius 1 is 1.64 bits per heavy atom. The smallest absolute Gasteiger partial charge is 0.305 e. The van der Waals surface area contributed by atoms with Crippen molar-refractivity contribution in [3.63, 3.8) is 0 Å². The van der Waals surface area contributed by atoms with Gasteiger partial charge in [-0.05, 0) is 6.42 Å². The number of hydrogen-bond acceptors (Lipinski definition) is 3. The van der Waals surface area contributed by atoms with Crippen molar-refractivity contribution in [1.82, 2.24) is 4.90 Å². The standard InChI is InChI=1S/C9H16N2O3/c1-3-4-7(10)9(14)11(2)6-5-8(12)13/h3,7H,1,4-6,10H2,2H3,(H,12,13). The summed E-state index contributed by atoms with van der Waals surface area (Å²) in [7, 11) is 1.54. The number of likely N-dealkylation sites (N-methyl/N-ethyl adjacent to an activating group) is 1. The lowest BCUT2D eigenvalue weighted by Crippen LogP contribution is -2.42. The largest absolute Gasteiger partial charge is 0.481 e. The van der Waals surface area contributed by atoms with E-state index in [9.17, 15) is 9.59 Å². The zero-order valence-corrected chi connectivity index (χ0v) is 8.27. The van der Waals surface area contributed by atoms with Gasteiger partial charge < -0.3 is 15.7 Å². The number of carboxylic acids is 1. The summed E-state index contributed by atoms with van der Waals surface area (Å²) in [5, 5.41) is 8.40. The minimum Gasteiger partial charge on any atom is -0.481 e. The number of carbonyl (C=O) groups excluding carboxylic acids is 1. The van der Waals surface area contributed by atoms with Crippen molar-refractivity contribution in [1.29, 1.82) is 0 Å². The van der Waals surface area contributed by atoms with Gasteiger partial charge in [0.2, 0.25) is 5.91 Å². The fraction of sp³-hybridized carbons (Fsp3) is 0.556. The van der Waals surface area contributed by atoms with Gasteiger partial charge in [0.15, 0.2) is 0 Å². The average Bonchev–Trinajstić information content (AvgIpc) is 2.13. The van der Waals surface area contributed by atoms with Gasteiger partial charge in [0, 0.05) is 13.6 Å².